The Hall–Kier alpha value is -1.60. The van der Waals surface area contributed by atoms with E-state index in [9.17, 15) is 0 Å². The molecule has 0 radical (unpaired) electrons. The highest BCUT2D eigenvalue weighted by Gasteiger charge is 2.32. The molecule has 7 heteroatoms. The zero-order chi connectivity index (χ0) is 19.8. The molecule has 0 bridgehead atoms. The van der Waals surface area contributed by atoms with Crippen LogP contribution >= 0.6 is 11.8 Å². The Labute approximate surface area is 173 Å². The number of hydrogen-bond donors (Lipinski definition) is 1. The van der Waals surface area contributed by atoms with Crippen LogP contribution in [0.4, 0.5) is 5.69 Å². The van der Waals surface area contributed by atoms with Crippen molar-refractivity contribution in [2.75, 3.05) is 70.7 Å². The molecular weight excluding hydrogens is 372 g/mol. The summed E-state index contributed by atoms with van der Waals surface area (Å²) in [5, 5.41) is 3.50. The first-order chi connectivity index (χ1) is 13.7. The lowest BCUT2D eigenvalue weighted by Gasteiger charge is -2.39. The van der Waals surface area contributed by atoms with Gasteiger partial charge in [0, 0.05) is 56.4 Å². The lowest BCUT2D eigenvalue weighted by molar-refractivity contribution is 0.0793. The van der Waals surface area contributed by atoms with Gasteiger partial charge in [0.1, 0.15) is 5.75 Å². The van der Waals surface area contributed by atoms with Crippen LogP contribution in [0.15, 0.2) is 29.3 Å². The number of anilines is 1. The highest BCUT2D eigenvalue weighted by molar-refractivity contribution is 8.00. The summed E-state index contributed by atoms with van der Waals surface area (Å²) in [6.07, 6.45) is 4.38. The number of nitrogens with one attached hydrogen (secondary N) is 1. The molecule has 6 nitrogen and oxygen atoms in total. The number of guanidine groups is 1. The third-order valence-corrected chi connectivity index (χ3v) is 7.11. The monoisotopic (exact) mass is 406 g/mol. The maximum atomic E-state index is 5.56. The van der Waals surface area contributed by atoms with Crippen molar-refractivity contribution in [1.29, 1.82) is 0 Å². The van der Waals surface area contributed by atoms with Gasteiger partial charge in [-0.3, -0.25) is 4.99 Å². The molecular formula is C21H34N4O2S. The molecule has 2 aliphatic heterocycles. The lowest BCUT2D eigenvalue weighted by atomic mass is 9.99. The first kappa shape index (κ1) is 21.1. The van der Waals surface area contributed by atoms with E-state index in [2.05, 4.69) is 40.4 Å². The number of thioether (sulfide) groups is 1. The molecule has 0 atom stereocenters. The SMILES string of the molecule is CCNC(=NCC1(SC)CCOCC1)N1CCN(c2ccc(OC)cc2)CC1. The Balaban J connectivity index is 1.60. The Morgan fingerprint density at radius 2 is 1.86 bits per heavy atom. The summed E-state index contributed by atoms with van der Waals surface area (Å²) in [7, 11) is 1.71. The van der Waals surface area contributed by atoms with E-state index in [1.54, 1.807) is 7.11 Å². The fourth-order valence-corrected chi connectivity index (χ4v) is 4.55. The average molecular weight is 407 g/mol. The molecule has 0 saturated carbocycles. The van der Waals surface area contributed by atoms with Gasteiger partial charge in [0.25, 0.3) is 0 Å². The minimum Gasteiger partial charge on any atom is -0.497 e. The van der Waals surface area contributed by atoms with E-state index in [1.807, 2.05) is 23.9 Å². The Kier molecular flexibility index (Phi) is 7.73. The fourth-order valence-electron chi connectivity index (χ4n) is 3.78. The molecule has 3 rings (SSSR count). The summed E-state index contributed by atoms with van der Waals surface area (Å²) >= 11 is 1.95. The van der Waals surface area contributed by atoms with Crippen LogP contribution in [0.3, 0.4) is 0 Å². The van der Waals surface area contributed by atoms with Crippen LogP contribution in [0, 0.1) is 0 Å². The Bertz CT molecular complexity index is 624. The molecule has 2 heterocycles. The summed E-state index contributed by atoms with van der Waals surface area (Å²) in [6.45, 7) is 9.56. The summed E-state index contributed by atoms with van der Waals surface area (Å²) in [5.41, 5.74) is 1.26. The quantitative estimate of drug-likeness (QED) is 0.579. The summed E-state index contributed by atoms with van der Waals surface area (Å²) in [4.78, 5) is 9.88. The number of ether oxygens (including phenoxy) is 2. The molecule has 1 aromatic rings. The molecule has 2 saturated heterocycles. The molecule has 28 heavy (non-hydrogen) atoms. The summed E-state index contributed by atoms with van der Waals surface area (Å²) in [6, 6.07) is 8.34. The number of hydrogen-bond acceptors (Lipinski definition) is 5. The molecule has 1 aromatic carbocycles. The molecule has 1 N–H and O–H groups in total. The molecule has 0 amide bonds. The van der Waals surface area contributed by atoms with Gasteiger partial charge in [-0.25, -0.2) is 0 Å². The second kappa shape index (κ2) is 10.3. The van der Waals surface area contributed by atoms with Gasteiger partial charge in [-0.15, -0.1) is 0 Å². The van der Waals surface area contributed by atoms with Crippen LogP contribution in [0.1, 0.15) is 19.8 Å². The first-order valence-electron chi connectivity index (χ1n) is 10.2. The maximum absolute atomic E-state index is 5.56. The van der Waals surface area contributed by atoms with Gasteiger partial charge < -0.3 is 24.6 Å². The zero-order valence-electron chi connectivity index (χ0n) is 17.4. The van der Waals surface area contributed by atoms with Gasteiger partial charge in [-0.05, 0) is 50.3 Å². The molecule has 2 aliphatic rings. The van der Waals surface area contributed by atoms with Crippen LogP contribution in [-0.4, -0.2) is 81.5 Å². The maximum Gasteiger partial charge on any atom is 0.194 e. The van der Waals surface area contributed by atoms with Gasteiger partial charge in [0.2, 0.25) is 0 Å². The van der Waals surface area contributed by atoms with Crippen LogP contribution < -0.4 is 15.0 Å². The molecule has 0 aliphatic carbocycles. The van der Waals surface area contributed by atoms with E-state index in [1.165, 1.54) is 5.69 Å². The molecule has 2 fully saturated rings. The number of piperazine rings is 1. The molecule has 156 valence electrons. The molecule has 0 aromatic heterocycles. The zero-order valence-corrected chi connectivity index (χ0v) is 18.3. The summed E-state index contributed by atoms with van der Waals surface area (Å²) in [5.74, 6) is 1.96. The van der Waals surface area contributed by atoms with E-state index in [4.69, 9.17) is 14.5 Å². The van der Waals surface area contributed by atoms with Crippen molar-refractivity contribution in [2.24, 2.45) is 4.99 Å². The first-order valence-corrected chi connectivity index (χ1v) is 11.5. The van der Waals surface area contributed by atoms with Crippen molar-refractivity contribution in [3.05, 3.63) is 24.3 Å². The highest BCUT2D eigenvalue weighted by Crippen LogP contribution is 2.34. The van der Waals surface area contributed by atoms with Crippen molar-refractivity contribution in [3.63, 3.8) is 0 Å². The topological polar surface area (TPSA) is 49.3 Å². The number of nitrogens with zero attached hydrogens (tertiary/aromatic N) is 3. The molecule has 0 unspecified atom stereocenters. The smallest absolute Gasteiger partial charge is 0.194 e. The number of rotatable bonds is 6. The minimum absolute atomic E-state index is 0.226. The van der Waals surface area contributed by atoms with Gasteiger partial charge >= 0.3 is 0 Å². The van der Waals surface area contributed by atoms with Crippen LogP contribution in [0.25, 0.3) is 0 Å². The van der Waals surface area contributed by atoms with Crippen LogP contribution in [0.2, 0.25) is 0 Å². The largest absolute Gasteiger partial charge is 0.497 e. The fraction of sp³-hybridized carbons (Fsp3) is 0.667. The van der Waals surface area contributed by atoms with Crippen molar-refractivity contribution in [1.82, 2.24) is 10.2 Å². The third kappa shape index (κ3) is 5.26. The number of methoxy groups -OCH3 is 1. The second-order valence-corrected chi connectivity index (χ2v) is 8.62. The van der Waals surface area contributed by atoms with Gasteiger partial charge in [0.05, 0.1) is 13.7 Å². The highest BCUT2D eigenvalue weighted by atomic mass is 32.2. The van der Waals surface area contributed by atoms with Crippen LogP contribution in [0.5, 0.6) is 5.75 Å². The standard InChI is InChI=1S/C21H34N4O2S/c1-4-22-20(23-17-21(28-3)9-15-27-16-10-21)25-13-11-24(12-14-25)18-5-7-19(26-2)8-6-18/h5-8H,4,9-17H2,1-3H3,(H,22,23). The Morgan fingerprint density at radius 3 is 2.43 bits per heavy atom. The third-order valence-electron chi connectivity index (χ3n) is 5.71. The average Bonchev–Trinajstić information content (AvgIpc) is 2.77. The van der Waals surface area contributed by atoms with Gasteiger partial charge in [-0.1, -0.05) is 0 Å². The van der Waals surface area contributed by atoms with Gasteiger partial charge in [-0.2, -0.15) is 11.8 Å². The number of benzene rings is 1. The summed E-state index contributed by atoms with van der Waals surface area (Å²) < 4.78 is 11.1. The van der Waals surface area contributed by atoms with Crippen molar-refractivity contribution >= 4 is 23.4 Å². The lowest BCUT2D eigenvalue weighted by Crippen LogP contribution is -2.53. The van der Waals surface area contributed by atoms with E-state index in [0.717, 1.165) is 77.0 Å². The minimum atomic E-state index is 0.226. The number of aliphatic imine (C=N–C) groups is 1. The van der Waals surface area contributed by atoms with Crippen molar-refractivity contribution in [3.8, 4) is 5.75 Å². The van der Waals surface area contributed by atoms with Crippen LogP contribution in [-0.2, 0) is 4.74 Å². The predicted octanol–water partition coefficient (Wildman–Crippen LogP) is 2.69. The van der Waals surface area contributed by atoms with Gasteiger partial charge in [0.15, 0.2) is 5.96 Å². The van der Waals surface area contributed by atoms with E-state index < -0.39 is 0 Å². The van der Waals surface area contributed by atoms with E-state index in [0.29, 0.717) is 0 Å². The normalized spacial score (nSPS) is 20.2. The van der Waals surface area contributed by atoms with Crippen molar-refractivity contribution < 1.29 is 9.47 Å². The second-order valence-electron chi connectivity index (χ2n) is 7.34. The Morgan fingerprint density at radius 1 is 1.18 bits per heavy atom. The van der Waals surface area contributed by atoms with E-state index in [-0.39, 0.29) is 4.75 Å². The van der Waals surface area contributed by atoms with E-state index >= 15 is 0 Å². The predicted molar refractivity (Wildman–Crippen MR) is 119 cm³/mol. The van der Waals surface area contributed by atoms with Crippen molar-refractivity contribution in [2.45, 2.75) is 24.5 Å². The molecule has 0 spiro atoms.